The fourth-order valence-electron chi connectivity index (χ4n) is 5.37. The smallest absolute Gasteiger partial charge is 0.434 e. The van der Waals surface area contributed by atoms with E-state index in [1.165, 1.54) is 5.56 Å². The Kier molecular flexibility index (Phi) is 15.9. The molecule has 2 N–H and O–H groups in total. The number of rotatable bonds is 20. The van der Waals surface area contributed by atoms with Gasteiger partial charge in [0.1, 0.15) is 6.10 Å². The number of carbonyl (C=O) groups is 2. The van der Waals surface area contributed by atoms with Gasteiger partial charge in [0, 0.05) is 13.5 Å². The van der Waals surface area contributed by atoms with Gasteiger partial charge in [0.2, 0.25) is 5.91 Å². The Bertz CT molecular complexity index is 838. The van der Waals surface area contributed by atoms with Crippen molar-refractivity contribution < 1.29 is 34.1 Å². The molecule has 1 aliphatic rings. The van der Waals surface area contributed by atoms with Crippen LogP contribution in [-0.2, 0) is 25.5 Å². The lowest BCUT2D eigenvalue weighted by atomic mass is 9.85. The first-order chi connectivity index (χ1) is 18.9. The average molecular weight is 551 g/mol. The Hall–Kier alpha value is -2.88. The molecule has 1 aromatic rings. The molecule has 1 aromatic carbocycles. The first-order valence-corrected chi connectivity index (χ1v) is 14.4. The molecule has 4 atom stereocenters. The standard InChI is InChI=1S/C29H46N2O8/c1-30-28(33)14-8-3-2-7-13-26-24(16-19-25(32)18-15-23-11-5-4-6-12-23)17-20-27(26)39-29(34)37-21-9-10-22-38-31(35)36/h4-6,11-12,24-27,32H,2-3,7-10,13-22H2,1H3,(H,30,33)/t24-,25-,26+,27-/m0/s1. The van der Waals surface area contributed by atoms with Gasteiger partial charge in [0.25, 0.3) is 5.09 Å². The third-order valence-electron chi connectivity index (χ3n) is 7.56. The van der Waals surface area contributed by atoms with Crippen LogP contribution in [0.1, 0.15) is 89.0 Å². The van der Waals surface area contributed by atoms with E-state index in [0.29, 0.717) is 25.2 Å². The van der Waals surface area contributed by atoms with Crippen LogP contribution in [0.3, 0.4) is 0 Å². The number of nitrogens with one attached hydrogen (secondary N) is 1. The number of aliphatic hydroxyl groups excluding tert-OH is 1. The average Bonchev–Trinajstić information content (AvgIpc) is 3.31. The summed E-state index contributed by atoms with van der Waals surface area (Å²) in [6, 6.07) is 10.2. The summed E-state index contributed by atoms with van der Waals surface area (Å²) in [4.78, 5) is 38.2. The van der Waals surface area contributed by atoms with Crippen LogP contribution in [0.2, 0.25) is 0 Å². The first-order valence-electron chi connectivity index (χ1n) is 14.4. The highest BCUT2D eigenvalue weighted by atomic mass is 16.9. The molecule has 1 saturated carbocycles. The maximum absolute atomic E-state index is 12.3. The molecule has 0 heterocycles. The number of aryl methyl sites for hydroxylation is 1. The number of benzene rings is 1. The van der Waals surface area contributed by atoms with E-state index in [4.69, 9.17) is 9.47 Å². The highest BCUT2D eigenvalue weighted by Gasteiger charge is 2.38. The molecule has 0 unspecified atom stereocenters. The fourth-order valence-corrected chi connectivity index (χ4v) is 5.37. The number of hydrogen-bond acceptors (Lipinski definition) is 8. The molecule has 220 valence electrons. The molecule has 1 amide bonds. The summed E-state index contributed by atoms with van der Waals surface area (Å²) in [5, 5.41) is 22.6. The van der Waals surface area contributed by atoms with E-state index < -0.39 is 11.2 Å². The van der Waals surface area contributed by atoms with Crippen LogP contribution in [0.4, 0.5) is 4.79 Å². The SMILES string of the molecule is CNC(=O)CCCCCC[C@@H]1[C@@H](CC[C@@H](O)CCc2ccccc2)CC[C@@H]1OC(=O)OCCCCO[N+](=O)[O-]. The van der Waals surface area contributed by atoms with E-state index in [-0.39, 0.29) is 37.2 Å². The lowest BCUT2D eigenvalue weighted by molar-refractivity contribution is -0.757. The van der Waals surface area contributed by atoms with Crippen LogP contribution in [-0.4, -0.2) is 54.7 Å². The van der Waals surface area contributed by atoms with Crippen LogP contribution in [0, 0.1) is 22.0 Å². The van der Waals surface area contributed by atoms with Gasteiger partial charge >= 0.3 is 6.16 Å². The Morgan fingerprint density at radius 1 is 1.03 bits per heavy atom. The number of aliphatic hydroxyl groups is 1. The van der Waals surface area contributed by atoms with Crippen molar-refractivity contribution in [3.05, 3.63) is 46.0 Å². The number of amides is 1. The van der Waals surface area contributed by atoms with Crippen LogP contribution in [0.15, 0.2) is 30.3 Å². The van der Waals surface area contributed by atoms with Gasteiger partial charge in [-0.05, 0) is 81.6 Å². The normalized spacial score (nSPS) is 19.3. The first kappa shape index (κ1) is 32.3. The maximum atomic E-state index is 12.3. The Morgan fingerprint density at radius 3 is 2.51 bits per heavy atom. The summed E-state index contributed by atoms with van der Waals surface area (Å²) in [6.07, 6.45) is 9.84. The van der Waals surface area contributed by atoms with Gasteiger partial charge in [0.05, 0.1) is 19.3 Å². The summed E-state index contributed by atoms with van der Waals surface area (Å²) in [7, 11) is 1.65. The third kappa shape index (κ3) is 14.2. The molecule has 0 aromatic heterocycles. The molecule has 39 heavy (non-hydrogen) atoms. The van der Waals surface area contributed by atoms with Gasteiger partial charge in [-0.3, -0.25) is 4.79 Å². The quantitative estimate of drug-likeness (QED) is 0.0955. The summed E-state index contributed by atoms with van der Waals surface area (Å²) < 4.78 is 10.9. The number of ether oxygens (including phenoxy) is 2. The van der Waals surface area contributed by atoms with Gasteiger partial charge in [-0.2, -0.15) is 0 Å². The molecule has 1 aliphatic carbocycles. The Labute approximate surface area is 231 Å². The minimum Gasteiger partial charge on any atom is -0.434 e. The minimum absolute atomic E-state index is 0.0297. The highest BCUT2D eigenvalue weighted by molar-refractivity contribution is 5.75. The fraction of sp³-hybridized carbons (Fsp3) is 0.724. The second-order valence-corrected chi connectivity index (χ2v) is 10.4. The zero-order valence-corrected chi connectivity index (χ0v) is 23.3. The molecular weight excluding hydrogens is 504 g/mol. The second-order valence-electron chi connectivity index (χ2n) is 10.4. The number of hydrogen-bond donors (Lipinski definition) is 2. The zero-order valence-electron chi connectivity index (χ0n) is 23.3. The topological polar surface area (TPSA) is 137 Å². The molecule has 0 bridgehead atoms. The summed E-state index contributed by atoms with van der Waals surface area (Å²) in [5.41, 5.74) is 1.23. The van der Waals surface area contributed by atoms with Gasteiger partial charge in [-0.25, -0.2) is 4.79 Å². The van der Waals surface area contributed by atoms with E-state index in [1.807, 2.05) is 18.2 Å². The van der Waals surface area contributed by atoms with Crippen LogP contribution in [0.5, 0.6) is 0 Å². The van der Waals surface area contributed by atoms with Gasteiger partial charge in [-0.15, -0.1) is 10.1 Å². The lowest BCUT2D eigenvalue weighted by Crippen LogP contribution is -2.26. The lowest BCUT2D eigenvalue weighted by Gasteiger charge is -2.25. The predicted octanol–water partition coefficient (Wildman–Crippen LogP) is 5.38. The van der Waals surface area contributed by atoms with Crippen molar-refractivity contribution in [2.45, 2.75) is 102 Å². The highest BCUT2D eigenvalue weighted by Crippen LogP contribution is 2.41. The monoisotopic (exact) mass is 550 g/mol. The molecule has 10 nitrogen and oxygen atoms in total. The molecule has 0 saturated heterocycles. The minimum atomic E-state index is -0.837. The number of nitrogens with zero attached hydrogens (tertiary/aromatic N) is 1. The molecular formula is C29H46N2O8. The molecule has 1 fully saturated rings. The van der Waals surface area contributed by atoms with Crippen molar-refractivity contribution in [2.24, 2.45) is 11.8 Å². The summed E-state index contributed by atoms with van der Waals surface area (Å²) in [5.74, 6) is 0.652. The molecule has 0 spiro atoms. The van der Waals surface area contributed by atoms with Crippen molar-refractivity contribution in [3.8, 4) is 0 Å². The van der Waals surface area contributed by atoms with E-state index in [2.05, 4.69) is 22.3 Å². The summed E-state index contributed by atoms with van der Waals surface area (Å²) >= 11 is 0. The van der Waals surface area contributed by atoms with E-state index >= 15 is 0 Å². The van der Waals surface area contributed by atoms with Crippen molar-refractivity contribution >= 4 is 12.1 Å². The Morgan fingerprint density at radius 2 is 1.77 bits per heavy atom. The van der Waals surface area contributed by atoms with E-state index in [0.717, 1.165) is 70.6 Å². The zero-order chi connectivity index (χ0) is 28.3. The third-order valence-corrected chi connectivity index (χ3v) is 7.56. The second kappa shape index (κ2) is 19.2. The van der Waals surface area contributed by atoms with Crippen molar-refractivity contribution in [3.63, 3.8) is 0 Å². The predicted molar refractivity (Wildman–Crippen MR) is 146 cm³/mol. The number of carbonyl (C=O) groups excluding carboxylic acids is 2. The van der Waals surface area contributed by atoms with Crippen molar-refractivity contribution in [1.29, 1.82) is 0 Å². The largest absolute Gasteiger partial charge is 0.508 e. The van der Waals surface area contributed by atoms with Crippen LogP contribution in [0.25, 0.3) is 0 Å². The van der Waals surface area contributed by atoms with Gasteiger partial charge in [-0.1, -0.05) is 49.6 Å². The molecule has 0 radical (unpaired) electrons. The van der Waals surface area contributed by atoms with E-state index in [1.54, 1.807) is 7.05 Å². The van der Waals surface area contributed by atoms with E-state index in [9.17, 15) is 24.8 Å². The summed E-state index contributed by atoms with van der Waals surface area (Å²) in [6.45, 7) is 0.0950. The van der Waals surface area contributed by atoms with Crippen LogP contribution < -0.4 is 5.32 Å². The number of unbranched alkanes of at least 4 members (excludes halogenated alkanes) is 4. The Balaban J connectivity index is 1.78. The van der Waals surface area contributed by atoms with Gasteiger partial charge < -0.3 is 24.7 Å². The molecule has 2 rings (SSSR count). The van der Waals surface area contributed by atoms with Crippen LogP contribution >= 0.6 is 0 Å². The maximum Gasteiger partial charge on any atom is 0.508 e. The van der Waals surface area contributed by atoms with Gasteiger partial charge in [0.15, 0.2) is 0 Å². The molecule has 10 heteroatoms. The van der Waals surface area contributed by atoms with Crippen molar-refractivity contribution in [1.82, 2.24) is 5.32 Å². The van der Waals surface area contributed by atoms with Crippen molar-refractivity contribution in [2.75, 3.05) is 20.3 Å². The molecule has 0 aliphatic heterocycles.